The van der Waals surface area contributed by atoms with Crippen molar-refractivity contribution in [1.29, 1.82) is 0 Å². The lowest BCUT2D eigenvalue weighted by atomic mass is 10.2. The highest BCUT2D eigenvalue weighted by Gasteiger charge is 2.06. The molecule has 0 aromatic rings. The Bertz CT molecular complexity index is 37.8. The van der Waals surface area contributed by atoms with Crippen molar-refractivity contribution in [2.24, 2.45) is 0 Å². The first-order valence-electron chi connectivity index (χ1n) is 2.09. The number of hydrogen-bond donors (Lipinski definition) is 3. The zero-order valence-corrected chi connectivity index (χ0v) is 5.25. The van der Waals surface area contributed by atoms with Crippen LogP contribution in [0.1, 0.15) is 20.8 Å². The van der Waals surface area contributed by atoms with Gasteiger partial charge in [0, 0.05) is 0 Å². The van der Waals surface area contributed by atoms with E-state index in [-0.39, 0.29) is 0 Å². The van der Waals surface area contributed by atoms with Crippen LogP contribution in [0.2, 0.25) is 0 Å². The van der Waals surface area contributed by atoms with Crippen LogP contribution in [0, 0.1) is 0 Å². The summed E-state index contributed by atoms with van der Waals surface area (Å²) in [5, 5.41) is 19.9. The highest BCUT2D eigenvalue weighted by Crippen LogP contribution is 2.01. The minimum Gasteiger partial charge on any atom is -0.255 e. The van der Waals surface area contributed by atoms with E-state index in [2.05, 4.69) is 4.89 Å². The molecule has 0 rings (SSSR count). The summed E-state index contributed by atoms with van der Waals surface area (Å²) >= 11 is 0. The number of rotatable bonds is 0. The van der Waals surface area contributed by atoms with Gasteiger partial charge in [-0.25, -0.2) is 4.89 Å². The van der Waals surface area contributed by atoms with Crippen LogP contribution in [0.15, 0.2) is 0 Å². The first-order valence-corrected chi connectivity index (χ1v) is 2.09. The molecule has 0 aromatic heterocycles. The molecule has 0 aliphatic heterocycles. The summed E-state index contributed by atoms with van der Waals surface area (Å²) in [7, 11) is 0. The molecule has 0 spiro atoms. The van der Waals surface area contributed by atoms with E-state index in [1.807, 2.05) is 0 Å². The van der Waals surface area contributed by atoms with Crippen molar-refractivity contribution in [3.05, 3.63) is 0 Å². The van der Waals surface area contributed by atoms with Crippen molar-refractivity contribution >= 4 is 0 Å². The average Bonchev–Trinajstić information content (AvgIpc) is 1.71. The molecule has 0 heterocycles. The van der Waals surface area contributed by atoms with Crippen molar-refractivity contribution in [2.75, 3.05) is 0 Å². The maximum Gasteiger partial charge on any atom is 0.0949 e. The minimum absolute atomic E-state index is 0.403. The summed E-state index contributed by atoms with van der Waals surface area (Å²) < 4.78 is 0. The van der Waals surface area contributed by atoms with Crippen LogP contribution in [0.4, 0.5) is 0 Å². The van der Waals surface area contributed by atoms with Gasteiger partial charge in [0.25, 0.3) is 0 Å². The Morgan fingerprint density at radius 3 is 1.25 bits per heavy atom. The Morgan fingerprint density at radius 2 is 1.25 bits per heavy atom. The molecule has 4 nitrogen and oxygen atoms in total. The van der Waals surface area contributed by atoms with Gasteiger partial charge in [-0.2, -0.15) is 0 Å². The van der Waals surface area contributed by atoms with Crippen LogP contribution in [0.3, 0.4) is 0 Å². The Hall–Kier alpha value is -0.160. The van der Waals surface area contributed by atoms with Gasteiger partial charge in [-0.05, 0) is 20.8 Å². The summed E-state index contributed by atoms with van der Waals surface area (Å²) in [4.78, 5) is 3.94. The predicted octanol–water partition coefficient (Wildman–Crippen LogP) is 1.29. The quantitative estimate of drug-likeness (QED) is 0.336. The zero-order chi connectivity index (χ0) is 7.21. The third-order valence-electron chi connectivity index (χ3n) is 0.274. The van der Waals surface area contributed by atoms with Crippen LogP contribution in [0.25, 0.3) is 0 Å². The zero-order valence-electron chi connectivity index (χ0n) is 5.25. The second-order valence-corrected chi connectivity index (χ2v) is 2.20. The van der Waals surface area contributed by atoms with Gasteiger partial charge in [0.05, 0.1) is 5.60 Å². The van der Waals surface area contributed by atoms with E-state index in [9.17, 15) is 0 Å². The summed E-state index contributed by atoms with van der Waals surface area (Å²) in [6.07, 6.45) is 0. The highest BCUT2D eigenvalue weighted by atomic mass is 17.1. The van der Waals surface area contributed by atoms with E-state index in [1.165, 1.54) is 0 Å². The van der Waals surface area contributed by atoms with Crippen LogP contribution in [-0.2, 0) is 4.89 Å². The SMILES string of the molecule is CC(C)(C)OO.OO. The van der Waals surface area contributed by atoms with Crippen LogP contribution in [-0.4, -0.2) is 21.4 Å². The predicted molar refractivity (Wildman–Crippen MR) is 28.7 cm³/mol. The molecule has 0 aromatic carbocycles. The normalized spacial score (nSPS) is 9.75. The van der Waals surface area contributed by atoms with Crippen molar-refractivity contribution in [3.63, 3.8) is 0 Å². The van der Waals surface area contributed by atoms with Crippen LogP contribution >= 0.6 is 0 Å². The number of hydrogen-bond acceptors (Lipinski definition) is 4. The smallest absolute Gasteiger partial charge is 0.0949 e. The van der Waals surface area contributed by atoms with E-state index in [1.54, 1.807) is 20.8 Å². The molecule has 0 radical (unpaired) electrons. The molecule has 4 heteroatoms. The molecule has 0 atom stereocenters. The van der Waals surface area contributed by atoms with Gasteiger partial charge in [-0.1, -0.05) is 0 Å². The molecule has 0 aliphatic rings. The van der Waals surface area contributed by atoms with E-state index in [0.717, 1.165) is 0 Å². The lowest BCUT2D eigenvalue weighted by Gasteiger charge is -2.10. The van der Waals surface area contributed by atoms with E-state index < -0.39 is 5.60 Å². The first-order chi connectivity index (χ1) is 3.56. The fraction of sp³-hybridized carbons (Fsp3) is 1.00. The van der Waals surface area contributed by atoms with E-state index >= 15 is 0 Å². The van der Waals surface area contributed by atoms with Gasteiger partial charge < -0.3 is 0 Å². The third-order valence-corrected chi connectivity index (χ3v) is 0.274. The summed E-state index contributed by atoms with van der Waals surface area (Å²) in [6, 6.07) is 0. The molecule has 3 N–H and O–H groups in total. The standard InChI is InChI=1S/C4H10O2.H2O2/c1-4(2,3)6-5;1-2/h5H,1-3H3;1-2H. The molecule has 0 bridgehead atoms. The maximum absolute atomic E-state index is 7.90. The van der Waals surface area contributed by atoms with Gasteiger partial charge in [-0.15, -0.1) is 0 Å². The second kappa shape index (κ2) is 4.99. The van der Waals surface area contributed by atoms with Crippen molar-refractivity contribution in [2.45, 2.75) is 26.4 Å². The maximum atomic E-state index is 7.90. The van der Waals surface area contributed by atoms with Gasteiger partial charge in [0.1, 0.15) is 0 Å². The Labute approximate surface area is 48.2 Å². The minimum atomic E-state index is -0.403. The fourth-order valence-corrected chi connectivity index (χ4v) is 0. The lowest BCUT2D eigenvalue weighted by Crippen LogP contribution is -2.15. The monoisotopic (exact) mass is 124 g/mol. The van der Waals surface area contributed by atoms with Crippen molar-refractivity contribution < 1.29 is 20.7 Å². The highest BCUT2D eigenvalue weighted by molar-refractivity contribution is 4.53. The summed E-state index contributed by atoms with van der Waals surface area (Å²) in [6.45, 7) is 5.31. The summed E-state index contributed by atoms with van der Waals surface area (Å²) in [5.41, 5.74) is -0.403. The Kier molecular flexibility index (Phi) is 6.70. The lowest BCUT2D eigenvalue weighted by molar-refractivity contribution is -0.306. The molecular formula is C4H12O4. The molecule has 0 unspecified atom stereocenters. The summed E-state index contributed by atoms with van der Waals surface area (Å²) in [5.74, 6) is 0. The largest absolute Gasteiger partial charge is 0.255 e. The second-order valence-electron chi connectivity index (χ2n) is 2.20. The molecule has 0 saturated heterocycles. The Morgan fingerprint density at radius 1 is 1.12 bits per heavy atom. The molecule has 0 aliphatic carbocycles. The van der Waals surface area contributed by atoms with Crippen molar-refractivity contribution in [1.82, 2.24) is 0 Å². The fourth-order valence-electron chi connectivity index (χ4n) is 0. The van der Waals surface area contributed by atoms with E-state index in [4.69, 9.17) is 15.8 Å². The van der Waals surface area contributed by atoms with Crippen LogP contribution in [0.5, 0.6) is 0 Å². The van der Waals surface area contributed by atoms with Crippen LogP contribution < -0.4 is 0 Å². The molecule has 0 amide bonds. The van der Waals surface area contributed by atoms with Gasteiger partial charge in [0.15, 0.2) is 0 Å². The third kappa shape index (κ3) is 17.0. The van der Waals surface area contributed by atoms with Crippen molar-refractivity contribution in [3.8, 4) is 0 Å². The molecule has 52 valence electrons. The molecular weight excluding hydrogens is 112 g/mol. The van der Waals surface area contributed by atoms with Gasteiger partial charge in [-0.3, -0.25) is 15.8 Å². The molecule has 8 heavy (non-hydrogen) atoms. The molecule has 0 fully saturated rings. The van der Waals surface area contributed by atoms with E-state index in [0.29, 0.717) is 0 Å². The topological polar surface area (TPSA) is 69.9 Å². The van der Waals surface area contributed by atoms with Gasteiger partial charge >= 0.3 is 0 Å². The average molecular weight is 124 g/mol. The molecule has 0 saturated carbocycles. The Balaban J connectivity index is 0. The first kappa shape index (κ1) is 10.8. The van der Waals surface area contributed by atoms with Gasteiger partial charge in [0.2, 0.25) is 0 Å².